The zero-order chi connectivity index (χ0) is 13.5. The third-order valence-corrected chi connectivity index (χ3v) is 2.58. The molecule has 3 heteroatoms. The van der Waals surface area contributed by atoms with Gasteiger partial charge < -0.3 is 14.3 Å². The van der Waals surface area contributed by atoms with Gasteiger partial charge in [-0.2, -0.15) is 0 Å². The fraction of sp³-hybridized carbons (Fsp3) is 0.188. The van der Waals surface area contributed by atoms with Crippen molar-refractivity contribution in [2.45, 2.75) is 13.3 Å². The summed E-state index contributed by atoms with van der Waals surface area (Å²) in [5, 5.41) is 0. The number of rotatable bonds is 6. The topological polar surface area (TPSA) is 35.5 Å². The molecule has 0 aromatic heterocycles. The molecule has 0 fully saturated rings. The molecule has 2 aromatic rings. The minimum Gasteiger partial charge on any atom is -0.493 e. The number of carbonyl (C=O) groups excluding carboxylic acids is 1. The molecule has 0 atom stereocenters. The average Bonchev–Trinajstić information content (AvgIpc) is 2.44. The van der Waals surface area contributed by atoms with Gasteiger partial charge in [0.15, 0.2) is 0 Å². The van der Waals surface area contributed by atoms with E-state index in [0.29, 0.717) is 13.0 Å². The number of aryl methyl sites for hydroxylation is 1. The van der Waals surface area contributed by atoms with E-state index in [1.165, 1.54) is 5.56 Å². The molecule has 3 nitrogen and oxygen atoms in total. The van der Waals surface area contributed by atoms with Crippen LogP contribution < -0.4 is 9.47 Å². The number of ether oxygens (including phenoxy) is 2. The Labute approximate surface area is 112 Å². The van der Waals surface area contributed by atoms with Gasteiger partial charge in [0.2, 0.25) is 0 Å². The van der Waals surface area contributed by atoms with Crippen LogP contribution in [0.2, 0.25) is 0 Å². The van der Waals surface area contributed by atoms with Gasteiger partial charge in [-0.05, 0) is 43.3 Å². The summed E-state index contributed by atoms with van der Waals surface area (Å²) in [5.41, 5.74) is 1.20. The molecule has 0 radical (unpaired) electrons. The van der Waals surface area contributed by atoms with Gasteiger partial charge >= 0.3 is 0 Å². The van der Waals surface area contributed by atoms with Crippen molar-refractivity contribution in [1.29, 1.82) is 0 Å². The molecular formula is C16H16O3. The normalized spacial score (nSPS) is 9.95. The van der Waals surface area contributed by atoms with Crippen LogP contribution in [-0.2, 0) is 4.79 Å². The van der Waals surface area contributed by atoms with Crippen LogP contribution in [0, 0.1) is 6.92 Å². The van der Waals surface area contributed by atoms with E-state index in [9.17, 15) is 4.79 Å². The first-order valence-electron chi connectivity index (χ1n) is 6.19. The van der Waals surface area contributed by atoms with Gasteiger partial charge in [-0.25, -0.2) is 0 Å². The first-order valence-corrected chi connectivity index (χ1v) is 6.19. The maximum absolute atomic E-state index is 10.2. The minimum absolute atomic E-state index is 0.404. The van der Waals surface area contributed by atoms with Crippen LogP contribution in [0.15, 0.2) is 48.5 Å². The highest BCUT2D eigenvalue weighted by atomic mass is 16.5. The summed E-state index contributed by atoms with van der Waals surface area (Å²) >= 11 is 0. The second-order valence-corrected chi connectivity index (χ2v) is 4.19. The van der Waals surface area contributed by atoms with Crippen LogP contribution in [-0.4, -0.2) is 12.9 Å². The van der Waals surface area contributed by atoms with E-state index in [1.807, 2.05) is 55.5 Å². The molecular weight excluding hydrogens is 240 g/mol. The molecule has 0 unspecified atom stereocenters. The third kappa shape index (κ3) is 4.14. The monoisotopic (exact) mass is 256 g/mol. The molecule has 98 valence electrons. The van der Waals surface area contributed by atoms with Gasteiger partial charge in [0.05, 0.1) is 6.61 Å². The smallest absolute Gasteiger partial charge is 0.127 e. The van der Waals surface area contributed by atoms with Crippen molar-refractivity contribution in [3.8, 4) is 17.2 Å². The molecule has 0 amide bonds. The second kappa shape index (κ2) is 6.59. The molecule has 2 rings (SSSR count). The Kier molecular flexibility index (Phi) is 4.56. The van der Waals surface area contributed by atoms with E-state index < -0.39 is 0 Å². The summed E-state index contributed by atoms with van der Waals surface area (Å²) in [6, 6.07) is 15.2. The van der Waals surface area contributed by atoms with Crippen molar-refractivity contribution in [2.75, 3.05) is 6.61 Å². The van der Waals surface area contributed by atoms with Crippen molar-refractivity contribution >= 4 is 6.29 Å². The number of aldehydes is 1. The van der Waals surface area contributed by atoms with E-state index in [4.69, 9.17) is 9.47 Å². The Morgan fingerprint density at radius 2 is 1.42 bits per heavy atom. The Balaban J connectivity index is 1.94. The molecule has 0 aliphatic heterocycles. The van der Waals surface area contributed by atoms with Crippen LogP contribution in [0.5, 0.6) is 17.2 Å². The molecule has 2 aromatic carbocycles. The number of benzene rings is 2. The predicted molar refractivity (Wildman–Crippen MR) is 73.9 cm³/mol. The Morgan fingerprint density at radius 1 is 0.895 bits per heavy atom. The first-order chi connectivity index (χ1) is 9.28. The second-order valence-electron chi connectivity index (χ2n) is 4.19. The molecule has 0 aliphatic carbocycles. The summed E-state index contributed by atoms with van der Waals surface area (Å²) in [6.45, 7) is 2.44. The average molecular weight is 256 g/mol. The summed E-state index contributed by atoms with van der Waals surface area (Å²) < 4.78 is 11.1. The van der Waals surface area contributed by atoms with Crippen LogP contribution in [0.3, 0.4) is 0 Å². The van der Waals surface area contributed by atoms with E-state index >= 15 is 0 Å². The molecule has 0 N–H and O–H groups in total. The van der Waals surface area contributed by atoms with E-state index in [1.54, 1.807) is 0 Å². The zero-order valence-electron chi connectivity index (χ0n) is 10.8. The number of hydrogen-bond acceptors (Lipinski definition) is 3. The summed E-state index contributed by atoms with van der Waals surface area (Å²) in [5.74, 6) is 2.30. The van der Waals surface area contributed by atoms with Crippen molar-refractivity contribution in [3.05, 3.63) is 54.1 Å². The first kappa shape index (κ1) is 13.1. The van der Waals surface area contributed by atoms with Crippen LogP contribution in [0.25, 0.3) is 0 Å². The molecule has 0 heterocycles. The lowest BCUT2D eigenvalue weighted by Crippen LogP contribution is -1.97. The Bertz CT molecular complexity index is 515. The molecule has 0 aliphatic rings. The molecule has 0 saturated carbocycles. The fourth-order valence-electron chi connectivity index (χ4n) is 1.57. The van der Waals surface area contributed by atoms with Crippen LogP contribution in [0.1, 0.15) is 12.0 Å². The SMILES string of the molecule is Cc1ccc(Oc2ccc(OCCC=O)cc2)cc1. The highest BCUT2D eigenvalue weighted by molar-refractivity contribution is 5.49. The van der Waals surface area contributed by atoms with Crippen LogP contribution in [0.4, 0.5) is 0 Å². The highest BCUT2D eigenvalue weighted by Crippen LogP contribution is 2.24. The van der Waals surface area contributed by atoms with Crippen molar-refractivity contribution in [2.24, 2.45) is 0 Å². The molecule has 0 spiro atoms. The summed E-state index contributed by atoms with van der Waals surface area (Å²) in [7, 11) is 0. The highest BCUT2D eigenvalue weighted by Gasteiger charge is 1.98. The number of carbonyl (C=O) groups is 1. The van der Waals surface area contributed by atoms with Crippen LogP contribution >= 0.6 is 0 Å². The lowest BCUT2D eigenvalue weighted by Gasteiger charge is -2.07. The quantitative estimate of drug-likeness (QED) is 0.583. The Morgan fingerprint density at radius 3 is 2.00 bits per heavy atom. The maximum atomic E-state index is 10.2. The van der Waals surface area contributed by atoms with Gasteiger partial charge in [-0.1, -0.05) is 17.7 Å². The van der Waals surface area contributed by atoms with Crippen molar-refractivity contribution in [3.63, 3.8) is 0 Å². The third-order valence-electron chi connectivity index (χ3n) is 2.58. The van der Waals surface area contributed by atoms with Gasteiger partial charge in [0, 0.05) is 6.42 Å². The van der Waals surface area contributed by atoms with Gasteiger partial charge in [-0.15, -0.1) is 0 Å². The maximum Gasteiger partial charge on any atom is 0.127 e. The minimum atomic E-state index is 0.404. The largest absolute Gasteiger partial charge is 0.493 e. The van der Waals surface area contributed by atoms with Gasteiger partial charge in [0.1, 0.15) is 23.5 Å². The van der Waals surface area contributed by atoms with Gasteiger partial charge in [0.25, 0.3) is 0 Å². The van der Waals surface area contributed by atoms with Crippen molar-refractivity contribution < 1.29 is 14.3 Å². The number of hydrogen-bond donors (Lipinski definition) is 0. The predicted octanol–water partition coefficient (Wildman–Crippen LogP) is 3.76. The lowest BCUT2D eigenvalue weighted by molar-refractivity contribution is -0.108. The van der Waals surface area contributed by atoms with E-state index in [2.05, 4.69) is 0 Å². The van der Waals surface area contributed by atoms with E-state index in [-0.39, 0.29) is 0 Å². The molecule has 0 saturated heterocycles. The van der Waals surface area contributed by atoms with Gasteiger partial charge in [-0.3, -0.25) is 0 Å². The van der Waals surface area contributed by atoms with E-state index in [0.717, 1.165) is 23.5 Å². The molecule has 19 heavy (non-hydrogen) atoms. The Hall–Kier alpha value is -2.29. The summed E-state index contributed by atoms with van der Waals surface area (Å²) in [6.07, 6.45) is 1.25. The standard InChI is InChI=1S/C16H16O3/c1-13-3-5-15(6-4-13)19-16-9-7-14(8-10-16)18-12-2-11-17/h3-11H,2,12H2,1H3. The van der Waals surface area contributed by atoms with Crippen molar-refractivity contribution in [1.82, 2.24) is 0 Å². The molecule has 0 bridgehead atoms. The summed E-state index contributed by atoms with van der Waals surface area (Å²) in [4.78, 5) is 10.2. The zero-order valence-corrected chi connectivity index (χ0v) is 10.8. The lowest BCUT2D eigenvalue weighted by atomic mass is 10.2. The fourth-order valence-corrected chi connectivity index (χ4v) is 1.57.